The van der Waals surface area contributed by atoms with Gasteiger partial charge in [-0.2, -0.15) is 0 Å². The van der Waals surface area contributed by atoms with E-state index in [9.17, 15) is 8.42 Å². The zero-order valence-corrected chi connectivity index (χ0v) is 20.4. The number of aromatic nitrogens is 2. The Balaban J connectivity index is 1.40. The lowest BCUT2D eigenvalue weighted by Crippen LogP contribution is -2.46. The summed E-state index contributed by atoms with van der Waals surface area (Å²) in [4.78, 5) is 17.3. The maximum Gasteiger partial charge on any atom is 0.179 e. The summed E-state index contributed by atoms with van der Waals surface area (Å²) in [7, 11) is -1.16. The van der Waals surface area contributed by atoms with Crippen molar-refractivity contribution in [2.45, 2.75) is 17.9 Å². The molecule has 7 nitrogen and oxygen atoms in total. The van der Waals surface area contributed by atoms with Crippen molar-refractivity contribution in [1.29, 1.82) is 0 Å². The molecular formula is C26H31N5O2S. The van der Waals surface area contributed by atoms with Crippen LogP contribution in [0.3, 0.4) is 0 Å². The van der Waals surface area contributed by atoms with Gasteiger partial charge >= 0.3 is 0 Å². The van der Waals surface area contributed by atoms with E-state index in [1.54, 1.807) is 24.3 Å². The standard InChI is InChI=1S/C26H31N5O2S/c1-29-14-16-31(17-15-29)26-23-20-30(18-19-34(32,33)22-10-6-3-7-11-22)13-12-24(23)27-25(28-26)21-8-4-2-5-9-21/h2-11H,12-20H2,1H3. The lowest BCUT2D eigenvalue weighted by atomic mass is 10.0. The molecule has 2 aromatic carbocycles. The second-order valence-corrected chi connectivity index (χ2v) is 11.2. The zero-order valence-electron chi connectivity index (χ0n) is 19.6. The van der Waals surface area contributed by atoms with Crippen LogP contribution in [0.25, 0.3) is 11.4 Å². The number of sulfone groups is 1. The highest BCUT2D eigenvalue weighted by Gasteiger charge is 2.28. The molecule has 3 aromatic rings. The van der Waals surface area contributed by atoms with Gasteiger partial charge in [0.1, 0.15) is 5.82 Å². The van der Waals surface area contributed by atoms with E-state index in [0.29, 0.717) is 18.0 Å². The Morgan fingerprint density at radius 3 is 2.24 bits per heavy atom. The van der Waals surface area contributed by atoms with Gasteiger partial charge in [0.2, 0.25) is 0 Å². The summed E-state index contributed by atoms with van der Waals surface area (Å²) in [5.74, 6) is 1.89. The molecule has 0 aliphatic carbocycles. The molecule has 178 valence electrons. The summed E-state index contributed by atoms with van der Waals surface area (Å²) >= 11 is 0. The van der Waals surface area contributed by atoms with Crippen molar-refractivity contribution < 1.29 is 8.42 Å². The minimum absolute atomic E-state index is 0.110. The number of benzene rings is 2. The van der Waals surface area contributed by atoms with Gasteiger partial charge in [0, 0.05) is 63.4 Å². The molecule has 8 heteroatoms. The molecule has 1 fully saturated rings. The fourth-order valence-corrected chi connectivity index (χ4v) is 5.94. The fraction of sp³-hybridized carbons (Fsp3) is 0.385. The molecule has 0 atom stereocenters. The molecule has 0 amide bonds. The van der Waals surface area contributed by atoms with Gasteiger partial charge in [-0.3, -0.25) is 4.90 Å². The predicted molar refractivity (Wildman–Crippen MR) is 135 cm³/mol. The van der Waals surface area contributed by atoms with Crippen LogP contribution in [-0.2, 0) is 22.8 Å². The average Bonchev–Trinajstić information content (AvgIpc) is 2.88. The zero-order chi connectivity index (χ0) is 23.5. The molecule has 2 aliphatic heterocycles. The quantitative estimate of drug-likeness (QED) is 0.541. The Hall–Kier alpha value is -2.81. The van der Waals surface area contributed by atoms with Crippen LogP contribution in [-0.4, -0.2) is 80.3 Å². The van der Waals surface area contributed by atoms with Crippen molar-refractivity contribution >= 4 is 15.7 Å². The second kappa shape index (κ2) is 9.82. The van der Waals surface area contributed by atoms with Crippen LogP contribution in [0.5, 0.6) is 0 Å². The fourth-order valence-electron chi connectivity index (χ4n) is 4.63. The maximum absolute atomic E-state index is 12.8. The van der Waals surface area contributed by atoms with Gasteiger partial charge in [0.05, 0.1) is 16.3 Å². The van der Waals surface area contributed by atoms with E-state index in [-0.39, 0.29) is 5.75 Å². The average molecular weight is 478 g/mol. The molecule has 0 bridgehead atoms. The van der Waals surface area contributed by atoms with E-state index >= 15 is 0 Å². The van der Waals surface area contributed by atoms with Crippen LogP contribution in [0.4, 0.5) is 5.82 Å². The number of hydrogen-bond acceptors (Lipinski definition) is 7. The Bertz CT molecular complexity index is 1230. The smallest absolute Gasteiger partial charge is 0.179 e. The van der Waals surface area contributed by atoms with Crippen LogP contribution in [0.1, 0.15) is 11.3 Å². The first kappa shape index (κ1) is 23.0. The molecule has 34 heavy (non-hydrogen) atoms. The third-order valence-electron chi connectivity index (χ3n) is 6.73. The van der Waals surface area contributed by atoms with Gasteiger partial charge in [-0.15, -0.1) is 0 Å². The molecule has 0 saturated carbocycles. The summed E-state index contributed by atoms with van der Waals surface area (Å²) < 4.78 is 25.6. The van der Waals surface area contributed by atoms with Crippen molar-refractivity contribution in [3.63, 3.8) is 0 Å². The SMILES string of the molecule is CN1CCN(c2nc(-c3ccccc3)nc3c2CN(CCS(=O)(=O)c2ccccc2)CC3)CC1. The number of anilines is 1. The van der Waals surface area contributed by atoms with E-state index in [1.165, 1.54) is 0 Å². The summed E-state index contributed by atoms with van der Waals surface area (Å²) in [6.07, 6.45) is 0.795. The molecule has 1 aromatic heterocycles. The highest BCUT2D eigenvalue weighted by Crippen LogP contribution is 2.30. The number of piperazine rings is 1. The largest absolute Gasteiger partial charge is 0.354 e. The normalized spacial score (nSPS) is 17.5. The number of hydrogen-bond donors (Lipinski definition) is 0. The molecule has 1 saturated heterocycles. The molecule has 0 N–H and O–H groups in total. The first-order chi connectivity index (χ1) is 16.5. The van der Waals surface area contributed by atoms with Gasteiger partial charge in [0.25, 0.3) is 0 Å². The summed E-state index contributed by atoms with van der Waals surface area (Å²) in [6.45, 7) is 5.82. The molecule has 3 heterocycles. The van der Waals surface area contributed by atoms with Crippen LogP contribution in [0.2, 0.25) is 0 Å². The summed E-state index contributed by atoms with van der Waals surface area (Å²) in [5, 5.41) is 0. The van der Waals surface area contributed by atoms with E-state index in [1.807, 2.05) is 24.3 Å². The Morgan fingerprint density at radius 1 is 0.853 bits per heavy atom. The molecule has 5 rings (SSSR count). The minimum Gasteiger partial charge on any atom is -0.354 e. The van der Waals surface area contributed by atoms with E-state index in [4.69, 9.17) is 9.97 Å². The maximum atomic E-state index is 12.8. The topological polar surface area (TPSA) is 69.6 Å². The van der Waals surface area contributed by atoms with Gasteiger partial charge < -0.3 is 9.80 Å². The molecular weight excluding hydrogens is 446 g/mol. The molecule has 0 unspecified atom stereocenters. The van der Waals surface area contributed by atoms with Crippen molar-refractivity contribution in [1.82, 2.24) is 19.8 Å². The number of rotatable bonds is 6. The highest BCUT2D eigenvalue weighted by atomic mass is 32.2. The van der Waals surface area contributed by atoms with Crippen molar-refractivity contribution in [2.24, 2.45) is 0 Å². The molecule has 0 radical (unpaired) electrons. The van der Waals surface area contributed by atoms with Gasteiger partial charge in [-0.1, -0.05) is 48.5 Å². The lowest BCUT2D eigenvalue weighted by molar-refractivity contribution is 0.265. The van der Waals surface area contributed by atoms with Crippen molar-refractivity contribution in [3.8, 4) is 11.4 Å². The molecule has 0 spiro atoms. The predicted octanol–water partition coefficient (Wildman–Crippen LogP) is 2.73. The highest BCUT2D eigenvalue weighted by molar-refractivity contribution is 7.91. The third-order valence-corrected chi connectivity index (χ3v) is 8.44. The first-order valence-electron chi connectivity index (χ1n) is 11.9. The second-order valence-electron chi connectivity index (χ2n) is 9.11. The Morgan fingerprint density at radius 2 is 1.53 bits per heavy atom. The Labute approximate surface area is 202 Å². The van der Waals surface area contributed by atoms with Crippen LogP contribution in [0.15, 0.2) is 65.6 Å². The monoisotopic (exact) mass is 477 g/mol. The van der Waals surface area contributed by atoms with Gasteiger partial charge in [0.15, 0.2) is 15.7 Å². The first-order valence-corrected chi connectivity index (χ1v) is 13.5. The summed E-state index contributed by atoms with van der Waals surface area (Å²) in [5.41, 5.74) is 3.26. The van der Waals surface area contributed by atoms with E-state index in [2.05, 4.69) is 33.9 Å². The van der Waals surface area contributed by atoms with Crippen LogP contribution < -0.4 is 4.90 Å². The number of likely N-dealkylation sites (N-methyl/N-ethyl adjacent to an activating group) is 1. The van der Waals surface area contributed by atoms with Crippen LogP contribution in [0, 0.1) is 0 Å². The third kappa shape index (κ3) is 4.99. The Kier molecular flexibility index (Phi) is 6.63. The van der Waals surface area contributed by atoms with Crippen LogP contribution >= 0.6 is 0 Å². The van der Waals surface area contributed by atoms with Crippen molar-refractivity contribution in [3.05, 3.63) is 71.9 Å². The van der Waals surface area contributed by atoms with Crippen molar-refractivity contribution in [2.75, 3.05) is 57.0 Å². The number of fused-ring (bicyclic) bond motifs is 1. The number of nitrogens with zero attached hydrogens (tertiary/aromatic N) is 5. The van der Waals surface area contributed by atoms with E-state index in [0.717, 1.165) is 67.6 Å². The summed E-state index contributed by atoms with van der Waals surface area (Å²) in [6, 6.07) is 18.9. The van der Waals surface area contributed by atoms with Gasteiger partial charge in [-0.25, -0.2) is 18.4 Å². The van der Waals surface area contributed by atoms with E-state index < -0.39 is 9.84 Å². The van der Waals surface area contributed by atoms with Gasteiger partial charge in [-0.05, 0) is 19.2 Å². The minimum atomic E-state index is -3.31. The lowest BCUT2D eigenvalue weighted by Gasteiger charge is -2.37. The molecule has 2 aliphatic rings.